The van der Waals surface area contributed by atoms with Crippen LogP contribution in [0.15, 0.2) is 36.4 Å². The molecule has 0 fully saturated rings. The number of anilines is 1. The Kier molecular flexibility index (Phi) is 6.23. The summed E-state index contributed by atoms with van der Waals surface area (Å²) in [5.74, 6) is 0.359. The first-order valence-electron chi connectivity index (χ1n) is 11.4. The summed E-state index contributed by atoms with van der Waals surface area (Å²) < 4.78 is 5.29. The molecule has 5 nitrogen and oxygen atoms in total. The first-order chi connectivity index (χ1) is 15.6. The minimum Gasteiger partial charge on any atom is -0.497 e. The van der Waals surface area contributed by atoms with Crippen LogP contribution in [-0.4, -0.2) is 18.9 Å². The number of carbonyl (C=O) groups is 2. The van der Waals surface area contributed by atoms with E-state index in [1.807, 2.05) is 43.3 Å². The second-order valence-electron chi connectivity index (χ2n) is 10.1. The summed E-state index contributed by atoms with van der Waals surface area (Å²) in [6.07, 6.45) is 2.77. The van der Waals surface area contributed by atoms with Crippen LogP contribution in [0.4, 0.5) is 5.00 Å². The molecule has 2 atom stereocenters. The van der Waals surface area contributed by atoms with Gasteiger partial charge in [-0.2, -0.15) is 0 Å². The number of nitrogens with one attached hydrogen (secondary N) is 1. The number of methoxy groups -OCH3 is 1. The van der Waals surface area contributed by atoms with Crippen LogP contribution in [-0.2, 0) is 17.6 Å². The third-order valence-electron chi connectivity index (χ3n) is 6.94. The van der Waals surface area contributed by atoms with Crippen molar-refractivity contribution in [3.8, 4) is 5.75 Å². The van der Waals surface area contributed by atoms with Gasteiger partial charge in [0.05, 0.1) is 18.6 Å². The fourth-order valence-electron chi connectivity index (χ4n) is 4.68. The monoisotopic (exact) mass is 464 g/mol. The highest BCUT2D eigenvalue weighted by atomic mass is 32.1. The maximum Gasteiger partial charge on any atom is 0.251 e. The number of benzene rings is 2. The molecule has 3 aromatic rings. The van der Waals surface area contributed by atoms with Gasteiger partial charge in [0.25, 0.3) is 5.91 Å². The van der Waals surface area contributed by atoms with Crippen molar-refractivity contribution < 1.29 is 14.3 Å². The van der Waals surface area contributed by atoms with E-state index in [1.165, 1.54) is 16.2 Å². The summed E-state index contributed by atoms with van der Waals surface area (Å²) in [4.78, 5) is 26.7. The molecular weight excluding hydrogens is 432 g/mol. The van der Waals surface area contributed by atoms with Gasteiger partial charge >= 0.3 is 0 Å². The summed E-state index contributed by atoms with van der Waals surface area (Å²) >= 11 is 1.51. The predicted octanol–water partition coefficient (Wildman–Crippen LogP) is 5.90. The minimum absolute atomic E-state index is 0.142. The summed E-state index contributed by atoms with van der Waals surface area (Å²) in [6.45, 7) is 8.66. The molecule has 0 spiro atoms. The Bertz CT molecular complexity index is 1220. The third kappa shape index (κ3) is 4.62. The Morgan fingerprint density at radius 2 is 1.85 bits per heavy atom. The molecule has 1 heterocycles. The smallest absolute Gasteiger partial charge is 0.251 e. The van der Waals surface area contributed by atoms with Gasteiger partial charge in [0.15, 0.2) is 0 Å². The lowest BCUT2D eigenvalue weighted by Gasteiger charge is -2.33. The maximum absolute atomic E-state index is 13.2. The van der Waals surface area contributed by atoms with Crippen molar-refractivity contribution in [2.75, 3.05) is 12.4 Å². The highest BCUT2D eigenvalue weighted by Gasteiger charge is 2.33. The van der Waals surface area contributed by atoms with E-state index in [0.29, 0.717) is 16.5 Å². The third-order valence-corrected chi connectivity index (χ3v) is 8.11. The van der Waals surface area contributed by atoms with Gasteiger partial charge in [0.1, 0.15) is 10.8 Å². The largest absolute Gasteiger partial charge is 0.497 e. The quantitative estimate of drug-likeness (QED) is 0.493. The molecule has 2 aromatic carbocycles. The Morgan fingerprint density at radius 1 is 1.15 bits per heavy atom. The Morgan fingerprint density at radius 3 is 2.52 bits per heavy atom. The number of fused-ring (bicyclic) bond motifs is 2. The number of rotatable bonds is 5. The average molecular weight is 465 g/mol. The molecule has 0 aliphatic heterocycles. The fourth-order valence-corrected chi connectivity index (χ4v) is 6.02. The maximum atomic E-state index is 13.2. The molecule has 0 bridgehead atoms. The van der Waals surface area contributed by atoms with Gasteiger partial charge in [-0.05, 0) is 71.6 Å². The van der Waals surface area contributed by atoms with Gasteiger partial charge in [-0.1, -0.05) is 45.0 Å². The Hall–Kier alpha value is -2.86. The van der Waals surface area contributed by atoms with Gasteiger partial charge < -0.3 is 15.8 Å². The zero-order valence-corrected chi connectivity index (χ0v) is 20.8. The minimum atomic E-state index is -0.468. The molecular formula is C27H32N2O3S. The topological polar surface area (TPSA) is 81.4 Å². The van der Waals surface area contributed by atoms with E-state index in [9.17, 15) is 9.59 Å². The number of ether oxygens (including phenoxy) is 1. The van der Waals surface area contributed by atoms with E-state index in [1.54, 1.807) is 7.11 Å². The lowest BCUT2D eigenvalue weighted by molar-refractivity contribution is -0.117. The van der Waals surface area contributed by atoms with Crippen molar-refractivity contribution in [2.45, 2.75) is 52.9 Å². The van der Waals surface area contributed by atoms with Gasteiger partial charge in [-0.15, -0.1) is 11.3 Å². The van der Waals surface area contributed by atoms with Crippen molar-refractivity contribution in [1.82, 2.24) is 0 Å². The van der Waals surface area contributed by atoms with Crippen LogP contribution in [0.3, 0.4) is 0 Å². The summed E-state index contributed by atoms with van der Waals surface area (Å²) in [7, 11) is 1.65. The molecule has 1 aliphatic rings. The lowest BCUT2D eigenvalue weighted by atomic mass is 9.72. The first kappa shape index (κ1) is 23.3. The normalized spacial score (nSPS) is 16.8. The Balaban J connectivity index is 1.59. The van der Waals surface area contributed by atoms with Gasteiger partial charge in [0, 0.05) is 4.88 Å². The molecule has 0 saturated heterocycles. The number of thiophene rings is 1. The zero-order chi connectivity index (χ0) is 23.9. The molecule has 2 amide bonds. The summed E-state index contributed by atoms with van der Waals surface area (Å²) in [5.41, 5.74) is 8.39. The van der Waals surface area contributed by atoms with Crippen molar-refractivity contribution >= 4 is 38.9 Å². The van der Waals surface area contributed by atoms with E-state index in [-0.39, 0.29) is 17.2 Å². The van der Waals surface area contributed by atoms with Crippen LogP contribution in [0.1, 0.15) is 66.4 Å². The number of primary amides is 1. The van der Waals surface area contributed by atoms with Crippen LogP contribution >= 0.6 is 11.3 Å². The summed E-state index contributed by atoms with van der Waals surface area (Å²) in [6, 6.07) is 11.9. The fraction of sp³-hybridized carbons (Fsp3) is 0.407. The van der Waals surface area contributed by atoms with Crippen LogP contribution in [0.2, 0.25) is 0 Å². The molecule has 33 heavy (non-hydrogen) atoms. The van der Waals surface area contributed by atoms with Crippen molar-refractivity contribution in [3.05, 3.63) is 58.0 Å². The number of hydrogen-bond donors (Lipinski definition) is 2. The van der Waals surface area contributed by atoms with Crippen molar-refractivity contribution in [1.29, 1.82) is 0 Å². The highest BCUT2D eigenvalue weighted by molar-refractivity contribution is 7.17. The standard InChI is InChI=1S/C27H32N2O3S/c1-15(16-6-7-18-13-20(32-5)10-8-17(18)12-16)25(31)29-26-23(24(28)30)21-11-9-19(27(2,3)4)14-22(21)33-26/h6-8,10,12-13,15,19H,9,11,14H2,1-5H3,(H2,28,30)(H,29,31)/t15-,19-/m0/s1. The number of carbonyl (C=O) groups excluding carboxylic acids is 2. The van der Waals surface area contributed by atoms with Crippen LogP contribution in [0, 0.1) is 11.3 Å². The second kappa shape index (κ2) is 8.82. The molecule has 3 N–H and O–H groups in total. The van der Waals surface area contributed by atoms with Crippen LogP contribution in [0.25, 0.3) is 10.8 Å². The van der Waals surface area contributed by atoms with Gasteiger partial charge in [0.2, 0.25) is 5.91 Å². The number of amides is 2. The predicted molar refractivity (Wildman–Crippen MR) is 135 cm³/mol. The summed E-state index contributed by atoms with van der Waals surface area (Å²) in [5, 5.41) is 5.72. The van der Waals surface area contributed by atoms with Crippen molar-refractivity contribution in [2.24, 2.45) is 17.1 Å². The molecule has 6 heteroatoms. The van der Waals surface area contributed by atoms with E-state index in [4.69, 9.17) is 10.5 Å². The molecule has 0 saturated carbocycles. The zero-order valence-electron chi connectivity index (χ0n) is 20.0. The molecule has 0 unspecified atom stereocenters. The number of nitrogens with two attached hydrogens (primary N) is 1. The second-order valence-corrected chi connectivity index (χ2v) is 11.2. The van der Waals surface area contributed by atoms with Crippen LogP contribution < -0.4 is 15.8 Å². The van der Waals surface area contributed by atoms with E-state index in [0.717, 1.165) is 46.9 Å². The number of hydrogen-bond acceptors (Lipinski definition) is 4. The van der Waals surface area contributed by atoms with Crippen LogP contribution in [0.5, 0.6) is 5.75 Å². The van der Waals surface area contributed by atoms with E-state index < -0.39 is 5.91 Å². The SMILES string of the molecule is COc1ccc2cc([C@H](C)C(=O)Nc3sc4c(c3C(N)=O)CC[C@H](C(C)(C)C)C4)ccc2c1. The first-order valence-corrected chi connectivity index (χ1v) is 12.2. The van der Waals surface area contributed by atoms with Crippen molar-refractivity contribution in [3.63, 3.8) is 0 Å². The van der Waals surface area contributed by atoms with Gasteiger partial charge in [-0.3, -0.25) is 9.59 Å². The van der Waals surface area contributed by atoms with E-state index >= 15 is 0 Å². The van der Waals surface area contributed by atoms with E-state index in [2.05, 4.69) is 26.1 Å². The Labute approximate surface area is 199 Å². The molecule has 1 aromatic heterocycles. The lowest BCUT2D eigenvalue weighted by Crippen LogP contribution is -2.27. The molecule has 1 aliphatic carbocycles. The highest BCUT2D eigenvalue weighted by Crippen LogP contribution is 2.44. The van der Waals surface area contributed by atoms with Gasteiger partial charge in [-0.25, -0.2) is 0 Å². The molecule has 174 valence electrons. The average Bonchev–Trinajstić information content (AvgIpc) is 3.14. The molecule has 0 radical (unpaired) electrons. The molecule has 4 rings (SSSR count).